The molecule has 4 nitrogen and oxygen atoms in total. The SMILES string of the molecule is CC(C)(C)c1ccccc1Oc1nccc(CN)n1. The molecular weight excluding hydrogens is 238 g/mol. The van der Waals surface area contributed by atoms with E-state index in [0.29, 0.717) is 12.6 Å². The highest BCUT2D eigenvalue weighted by Crippen LogP contribution is 2.32. The third kappa shape index (κ3) is 3.29. The molecule has 0 aliphatic rings. The Bertz CT molecular complexity index is 561. The Morgan fingerprint density at radius 2 is 1.89 bits per heavy atom. The maximum absolute atomic E-state index is 5.80. The topological polar surface area (TPSA) is 61.0 Å². The fraction of sp³-hybridized carbons (Fsp3) is 0.333. The van der Waals surface area contributed by atoms with Gasteiger partial charge < -0.3 is 10.5 Å². The van der Waals surface area contributed by atoms with Gasteiger partial charge in [0.25, 0.3) is 0 Å². The lowest BCUT2D eigenvalue weighted by Crippen LogP contribution is -2.12. The quantitative estimate of drug-likeness (QED) is 0.918. The summed E-state index contributed by atoms with van der Waals surface area (Å²) in [7, 11) is 0. The lowest BCUT2D eigenvalue weighted by atomic mass is 9.86. The van der Waals surface area contributed by atoms with Crippen LogP contribution in [0.15, 0.2) is 36.5 Å². The smallest absolute Gasteiger partial charge is 0.322 e. The van der Waals surface area contributed by atoms with Gasteiger partial charge in [0.2, 0.25) is 0 Å². The van der Waals surface area contributed by atoms with Crippen molar-refractivity contribution in [2.45, 2.75) is 32.7 Å². The average Bonchev–Trinajstić information content (AvgIpc) is 2.38. The van der Waals surface area contributed by atoms with Crippen LogP contribution >= 0.6 is 0 Å². The van der Waals surface area contributed by atoms with E-state index in [0.717, 1.165) is 17.0 Å². The van der Waals surface area contributed by atoms with Gasteiger partial charge in [-0.3, -0.25) is 0 Å². The van der Waals surface area contributed by atoms with Crippen LogP contribution < -0.4 is 10.5 Å². The minimum atomic E-state index is 0.00205. The first-order valence-corrected chi connectivity index (χ1v) is 6.30. The number of hydrogen-bond acceptors (Lipinski definition) is 4. The number of nitrogens with two attached hydrogens (primary N) is 1. The van der Waals surface area contributed by atoms with Gasteiger partial charge in [-0.15, -0.1) is 0 Å². The number of rotatable bonds is 3. The van der Waals surface area contributed by atoms with Gasteiger partial charge >= 0.3 is 6.01 Å². The molecule has 0 bridgehead atoms. The fourth-order valence-electron chi connectivity index (χ4n) is 1.81. The highest BCUT2D eigenvalue weighted by molar-refractivity contribution is 5.39. The molecule has 0 saturated heterocycles. The standard InChI is InChI=1S/C15H19N3O/c1-15(2,3)12-6-4-5-7-13(12)19-14-17-9-8-11(10-16)18-14/h4-9H,10,16H2,1-3H3. The van der Waals surface area contributed by atoms with Gasteiger partial charge in [0.05, 0.1) is 5.69 Å². The van der Waals surface area contributed by atoms with Crippen LogP contribution in [0.2, 0.25) is 0 Å². The molecule has 0 aliphatic carbocycles. The molecule has 1 aromatic heterocycles. The first-order valence-electron chi connectivity index (χ1n) is 6.30. The molecule has 2 rings (SSSR count). The number of hydrogen-bond donors (Lipinski definition) is 1. The second-order valence-corrected chi connectivity index (χ2v) is 5.38. The highest BCUT2D eigenvalue weighted by atomic mass is 16.5. The van der Waals surface area contributed by atoms with Gasteiger partial charge in [0.15, 0.2) is 0 Å². The Hall–Kier alpha value is -1.94. The molecule has 4 heteroatoms. The summed E-state index contributed by atoms with van der Waals surface area (Å²) in [6.07, 6.45) is 1.66. The molecule has 2 aromatic rings. The van der Waals surface area contributed by atoms with E-state index in [1.54, 1.807) is 12.3 Å². The molecule has 100 valence electrons. The molecule has 0 spiro atoms. The first-order chi connectivity index (χ1) is 9.00. The zero-order valence-corrected chi connectivity index (χ0v) is 11.6. The molecule has 19 heavy (non-hydrogen) atoms. The molecule has 0 aliphatic heterocycles. The summed E-state index contributed by atoms with van der Waals surface area (Å²) in [4.78, 5) is 8.37. The fourth-order valence-corrected chi connectivity index (χ4v) is 1.81. The van der Waals surface area contributed by atoms with Crippen LogP contribution in [-0.2, 0) is 12.0 Å². The minimum absolute atomic E-state index is 0.00205. The van der Waals surface area contributed by atoms with Crippen LogP contribution in [0.3, 0.4) is 0 Å². The number of para-hydroxylation sites is 1. The number of aromatic nitrogens is 2. The van der Waals surface area contributed by atoms with Crippen LogP contribution in [0.5, 0.6) is 11.8 Å². The van der Waals surface area contributed by atoms with Gasteiger partial charge in [-0.05, 0) is 17.5 Å². The second kappa shape index (κ2) is 5.36. The molecule has 0 amide bonds. The van der Waals surface area contributed by atoms with Crippen LogP contribution in [0, 0.1) is 0 Å². The van der Waals surface area contributed by atoms with Crippen molar-refractivity contribution in [1.82, 2.24) is 9.97 Å². The van der Waals surface area contributed by atoms with Crippen molar-refractivity contribution in [3.8, 4) is 11.8 Å². The lowest BCUT2D eigenvalue weighted by molar-refractivity contribution is 0.420. The largest absolute Gasteiger partial charge is 0.424 e. The minimum Gasteiger partial charge on any atom is -0.424 e. The summed E-state index contributed by atoms with van der Waals surface area (Å²) < 4.78 is 5.80. The normalized spacial score (nSPS) is 11.4. The van der Waals surface area contributed by atoms with Gasteiger partial charge in [-0.25, -0.2) is 4.98 Å². The summed E-state index contributed by atoms with van der Waals surface area (Å²) in [6.45, 7) is 6.81. The van der Waals surface area contributed by atoms with Crippen LogP contribution in [0.1, 0.15) is 32.0 Å². The van der Waals surface area contributed by atoms with Gasteiger partial charge in [0, 0.05) is 18.3 Å². The van der Waals surface area contributed by atoms with Gasteiger partial charge in [-0.2, -0.15) is 4.98 Å². The predicted molar refractivity (Wildman–Crippen MR) is 75.1 cm³/mol. The monoisotopic (exact) mass is 257 g/mol. The molecule has 1 aromatic carbocycles. The van der Waals surface area contributed by atoms with E-state index < -0.39 is 0 Å². The van der Waals surface area contributed by atoms with E-state index >= 15 is 0 Å². The van der Waals surface area contributed by atoms with E-state index in [2.05, 4.69) is 36.8 Å². The number of nitrogens with zero attached hydrogens (tertiary/aromatic N) is 2. The van der Waals surface area contributed by atoms with Crippen molar-refractivity contribution in [3.05, 3.63) is 47.8 Å². The van der Waals surface area contributed by atoms with Gasteiger partial charge in [-0.1, -0.05) is 39.0 Å². The molecule has 0 saturated carbocycles. The van der Waals surface area contributed by atoms with E-state index in [9.17, 15) is 0 Å². The van der Waals surface area contributed by atoms with Crippen LogP contribution in [-0.4, -0.2) is 9.97 Å². The van der Waals surface area contributed by atoms with E-state index in [-0.39, 0.29) is 5.41 Å². The second-order valence-electron chi connectivity index (χ2n) is 5.38. The van der Waals surface area contributed by atoms with E-state index in [1.807, 2.05) is 18.2 Å². The van der Waals surface area contributed by atoms with Crippen LogP contribution in [0.25, 0.3) is 0 Å². The predicted octanol–water partition coefficient (Wildman–Crippen LogP) is 3.03. The van der Waals surface area contributed by atoms with Crippen molar-refractivity contribution in [1.29, 1.82) is 0 Å². The third-order valence-electron chi connectivity index (χ3n) is 2.80. The molecule has 0 fully saturated rings. The Kier molecular flexibility index (Phi) is 3.81. The van der Waals surface area contributed by atoms with Crippen molar-refractivity contribution in [3.63, 3.8) is 0 Å². The third-order valence-corrected chi connectivity index (χ3v) is 2.80. The maximum Gasteiger partial charge on any atom is 0.322 e. The number of ether oxygens (including phenoxy) is 1. The molecule has 1 heterocycles. The first kappa shape index (κ1) is 13.5. The molecule has 0 unspecified atom stereocenters. The molecule has 0 atom stereocenters. The maximum atomic E-state index is 5.80. The van der Waals surface area contributed by atoms with Crippen molar-refractivity contribution in [2.75, 3.05) is 0 Å². The Balaban J connectivity index is 2.33. The van der Waals surface area contributed by atoms with E-state index in [4.69, 9.17) is 10.5 Å². The van der Waals surface area contributed by atoms with Crippen LogP contribution in [0.4, 0.5) is 0 Å². The van der Waals surface area contributed by atoms with Crippen molar-refractivity contribution in [2.24, 2.45) is 5.73 Å². The molecule has 2 N–H and O–H groups in total. The summed E-state index contributed by atoms with van der Waals surface area (Å²) in [5.41, 5.74) is 7.45. The van der Waals surface area contributed by atoms with E-state index in [1.165, 1.54) is 0 Å². The Morgan fingerprint density at radius 3 is 2.58 bits per heavy atom. The Morgan fingerprint density at radius 1 is 1.16 bits per heavy atom. The van der Waals surface area contributed by atoms with Crippen molar-refractivity contribution >= 4 is 0 Å². The van der Waals surface area contributed by atoms with Gasteiger partial charge in [0.1, 0.15) is 5.75 Å². The summed E-state index contributed by atoms with van der Waals surface area (Å²) >= 11 is 0. The summed E-state index contributed by atoms with van der Waals surface area (Å²) in [6, 6.07) is 10.0. The average molecular weight is 257 g/mol. The molecular formula is C15H19N3O. The molecule has 0 radical (unpaired) electrons. The zero-order chi connectivity index (χ0) is 13.9. The number of benzene rings is 1. The summed E-state index contributed by atoms with van der Waals surface area (Å²) in [5.74, 6) is 0.782. The van der Waals surface area contributed by atoms with Crippen molar-refractivity contribution < 1.29 is 4.74 Å². The highest BCUT2D eigenvalue weighted by Gasteiger charge is 2.19. The Labute approximate surface area is 113 Å². The lowest BCUT2D eigenvalue weighted by Gasteiger charge is -2.21. The zero-order valence-electron chi connectivity index (χ0n) is 11.6. The summed E-state index contributed by atoms with van der Waals surface area (Å²) in [5, 5.41) is 0.